The van der Waals surface area contributed by atoms with Crippen molar-refractivity contribution in [3.63, 3.8) is 0 Å². The van der Waals surface area contributed by atoms with E-state index in [-0.39, 0.29) is 0 Å². The van der Waals surface area contributed by atoms with E-state index in [4.69, 9.17) is 0 Å². The molecule has 0 radical (unpaired) electrons. The zero-order chi connectivity index (χ0) is 11.5. The molecular formula is C14H17NS. The third-order valence-electron chi connectivity index (χ3n) is 2.88. The van der Waals surface area contributed by atoms with Gasteiger partial charge in [0, 0.05) is 16.3 Å². The summed E-state index contributed by atoms with van der Waals surface area (Å²) in [7, 11) is 1.98. The van der Waals surface area contributed by atoms with Crippen molar-refractivity contribution in [1.29, 1.82) is 0 Å². The molecule has 0 amide bonds. The quantitative estimate of drug-likeness (QED) is 0.848. The molecule has 1 nitrogen and oxygen atoms in total. The Labute approximate surface area is 101 Å². The van der Waals surface area contributed by atoms with Gasteiger partial charge in [-0.3, -0.25) is 0 Å². The molecule has 2 rings (SSSR count). The van der Waals surface area contributed by atoms with Crippen molar-refractivity contribution in [2.75, 3.05) is 7.05 Å². The Kier molecular flexibility index (Phi) is 3.42. The monoisotopic (exact) mass is 231 g/mol. The molecule has 0 aliphatic rings. The van der Waals surface area contributed by atoms with Crippen LogP contribution in [0, 0.1) is 13.8 Å². The van der Waals surface area contributed by atoms with E-state index >= 15 is 0 Å². The number of benzene rings is 1. The largest absolute Gasteiger partial charge is 0.315 e. The van der Waals surface area contributed by atoms with Crippen molar-refractivity contribution in [2.24, 2.45) is 0 Å². The van der Waals surface area contributed by atoms with Gasteiger partial charge in [0.1, 0.15) is 0 Å². The van der Waals surface area contributed by atoms with E-state index in [2.05, 4.69) is 49.5 Å². The Morgan fingerprint density at radius 1 is 1.12 bits per heavy atom. The third-order valence-corrected chi connectivity index (χ3v) is 4.00. The predicted octanol–water partition coefficient (Wildman–Crippen LogP) is 3.75. The molecule has 1 N–H and O–H groups in total. The standard InChI is InChI=1S/C14H17NS/c1-10-5-4-6-13(11(10)2)14-8-7-12(16-14)9-15-3/h4-8,15H,9H2,1-3H3. The van der Waals surface area contributed by atoms with Gasteiger partial charge in [0.2, 0.25) is 0 Å². The molecule has 0 saturated carbocycles. The van der Waals surface area contributed by atoms with Crippen molar-refractivity contribution in [3.8, 4) is 10.4 Å². The normalized spacial score (nSPS) is 10.7. The average molecular weight is 231 g/mol. The van der Waals surface area contributed by atoms with Crippen LogP contribution in [0.1, 0.15) is 16.0 Å². The van der Waals surface area contributed by atoms with Crippen LogP contribution in [0.3, 0.4) is 0 Å². The highest BCUT2D eigenvalue weighted by atomic mass is 32.1. The van der Waals surface area contributed by atoms with Crippen molar-refractivity contribution in [2.45, 2.75) is 20.4 Å². The average Bonchev–Trinajstić information content (AvgIpc) is 2.71. The van der Waals surface area contributed by atoms with Crippen LogP contribution in [0.4, 0.5) is 0 Å². The Morgan fingerprint density at radius 2 is 1.94 bits per heavy atom. The number of nitrogens with one attached hydrogen (secondary N) is 1. The van der Waals surface area contributed by atoms with Crippen LogP contribution < -0.4 is 5.32 Å². The van der Waals surface area contributed by atoms with E-state index in [1.165, 1.54) is 26.4 Å². The van der Waals surface area contributed by atoms with Gasteiger partial charge in [0.25, 0.3) is 0 Å². The Hall–Kier alpha value is -1.12. The molecule has 0 spiro atoms. The van der Waals surface area contributed by atoms with Crippen LogP contribution in [-0.4, -0.2) is 7.05 Å². The number of rotatable bonds is 3. The molecule has 2 heteroatoms. The minimum absolute atomic E-state index is 0.954. The lowest BCUT2D eigenvalue weighted by Crippen LogP contribution is -2.02. The molecule has 0 aliphatic heterocycles. The summed E-state index contributed by atoms with van der Waals surface area (Å²) in [4.78, 5) is 2.75. The fourth-order valence-corrected chi connectivity index (χ4v) is 2.91. The predicted molar refractivity (Wildman–Crippen MR) is 72.0 cm³/mol. The maximum absolute atomic E-state index is 3.19. The molecule has 0 atom stereocenters. The first kappa shape index (κ1) is 11.4. The lowest BCUT2D eigenvalue weighted by molar-refractivity contribution is 0.831. The van der Waals surface area contributed by atoms with Gasteiger partial charge in [-0.2, -0.15) is 0 Å². The van der Waals surface area contributed by atoms with Crippen LogP contribution in [-0.2, 0) is 6.54 Å². The SMILES string of the molecule is CNCc1ccc(-c2cccc(C)c2C)s1. The van der Waals surface area contributed by atoms with Crippen LogP contribution >= 0.6 is 11.3 Å². The lowest BCUT2D eigenvalue weighted by Gasteiger charge is -2.05. The Bertz CT molecular complexity index is 485. The van der Waals surface area contributed by atoms with Crippen molar-refractivity contribution in [1.82, 2.24) is 5.32 Å². The topological polar surface area (TPSA) is 12.0 Å². The second-order valence-corrected chi connectivity index (χ2v) is 5.21. The highest BCUT2D eigenvalue weighted by Gasteiger charge is 2.06. The molecule has 0 unspecified atom stereocenters. The van der Waals surface area contributed by atoms with Crippen molar-refractivity contribution >= 4 is 11.3 Å². The summed E-state index contributed by atoms with van der Waals surface area (Å²) in [5.41, 5.74) is 4.12. The molecule has 1 heterocycles. The van der Waals surface area contributed by atoms with Gasteiger partial charge >= 0.3 is 0 Å². The van der Waals surface area contributed by atoms with Gasteiger partial charge in [-0.05, 0) is 49.7 Å². The summed E-state index contributed by atoms with van der Waals surface area (Å²) in [6.07, 6.45) is 0. The molecule has 0 bridgehead atoms. The van der Waals surface area contributed by atoms with Gasteiger partial charge in [0.05, 0.1) is 0 Å². The molecule has 1 aromatic heterocycles. The van der Waals surface area contributed by atoms with E-state index in [1.54, 1.807) is 0 Å². The van der Waals surface area contributed by atoms with Gasteiger partial charge in [-0.25, -0.2) is 0 Å². The van der Waals surface area contributed by atoms with Gasteiger partial charge in [-0.1, -0.05) is 18.2 Å². The minimum Gasteiger partial charge on any atom is -0.315 e. The first-order chi connectivity index (χ1) is 7.72. The van der Waals surface area contributed by atoms with E-state index in [1.807, 2.05) is 18.4 Å². The van der Waals surface area contributed by atoms with E-state index in [0.717, 1.165) is 6.54 Å². The van der Waals surface area contributed by atoms with Gasteiger partial charge in [-0.15, -0.1) is 11.3 Å². The van der Waals surface area contributed by atoms with E-state index in [0.29, 0.717) is 0 Å². The van der Waals surface area contributed by atoms with Gasteiger partial charge in [0.15, 0.2) is 0 Å². The molecule has 84 valence electrons. The third kappa shape index (κ3) is 2.18. The molecule has 16 heavy (non-hydrogen) atoms. The van der Waals surface area contributed by atoms with Crippen LogP contribution in [0.2, 0.25) is 0 Å². The zero-order valence-electron chi connectivity index (χ0n) is 10.0. The minimum atomic E-state index is 0.954. The molecular weight excluding hydrogens is 214 g/mol. The molecule has 2 aromatic rings. The summed E-state index contributed by atoms with van der Waals surface area (Å²) < 4.78 is 0. The number of thiophene rings is 1. The van der Waals surface area contributed by atoms with Crippen molar-refractivity contribution in [3.05, 3.63) is 46.3 Å². The second kappa shape index (κ2) is 4.81. The Balaban J connectivity index is 2.39. The Morgan fingerprint density at radius 3 is 2.69 bits per heavy atom. The van der Waals surface area contributed by atoms with Crippen molar-refractivity contribution < 1.29 is 0 Å². The molecule has 1 aromatic carbocycles. The summed E-state index contributed by atoms with van der Waals surface area (Å²) in [5.74, 6) is 0. The van der Waals surface area contributed by atoms with E-state index < -0.39 is 0 Å². The van der Waals surface area contributed by atoms with Crippen LogP contribution in [0.15, 0.2) is 30.3 Å². The fraction of sp³-hybridized carbons (Fsp3) is 0.286. The lowest BCUT2D eigenvalue weighted by atomic mass is 10.0. The number of hydrogen-bond acceptors (Lipinski definition) is 2. The maximum Gasteiger partial charge on any atom is 0.0348 e. The maximum atomic E-state index is 3.19. The van der Waals surface area contributed by atoms with Crippen LogP contribution in [0.5, 0.6) is 0 Å². The molecule has 0 saturated heterocycles. The second-order valence-electron chi connectivity index (χ2n) is 4.04. The summed E-state index contributed by atoms with van der Waals surface area (Å²) in [5, 5.41) is 3.19. The molecule has 0 aliphatic carbocycles. The fourth-order valence-electron chi connectivity index (χ4n) is 1.81. The highest BCUT2D eigenvalue weighted by molar-refractivity contribution is 7.15. The molecule has 0 fully saturated rings. The number of aryl methyl sites for hydroxylation is 1. The van der Waals surface area contributed by atoms with Gasteiger partial charge < -0.3 is 5.32 Å². The smallest absolute Gasteiger partial charge is 0.0348 e. The van der Waals surface area contributed by atoms with E-state index in [9.17, 15) is 0 Å². The number of hydrogen-bond donors (Lipinski definition) is 1. The first-order valence-electron chi connectivity index (χ1n) is 5.52. The summed E-state index contributed by atoms with van der Waals surface area (Å²) in [6.45, 7) is 5.32. The summed E-state index contributed by atoms with van der Waals surface area (Å²) >= 11 is 1.87. The first-order valence-corrected chi connectivity index (χ1v) is 6.34. The highest BCUT2D eigenvalue weighted by Crippen LogP contribution is 2.31. The summed E-state index contributed by atoms with van der Waals surface area (Å²) in [6, 6.07) is 10.9. The van der Waals surface area contributed by atoms with Crippen LogP contribution in [0.25, 0.3) is 10.4 Å². The zero-order valence-corrected chi connectivity index (χ0v) is 10.8.